The number of hydrogen-bond acceptors (Lipinski definition) is 4. The average Bonchev–Trinajstić information content (AvgIpc) is 2.71. The van der Waals surface area contributed by atoms with Gasteiger partial charge in [0.2, 0.25) is 0 Å². The fourth-order valence-corrected chi connectivity index (χ4v) is 3.45. The fourth-order valence-electron chi connectivity index (χ4n) is 3.45. The number of hydrogen-bond donors (Lipinski definition) is 1. The lowest BCUT2D eigenvalue weighted by Gasteiger charge is -2.33. The number of ether oxygens (including phenoxy) is 1. The molecule has 1 saturated heterocycles. The standard InChI is InChI=1S/C23H30N2O3/c1-23(2,27)11-10-18-6-3-8-20(14-18)22(26)25-13-5-9-21(16-25)28-17-19-7-4-12-24-15-19/h3-4,6-8,12,14-15,21,27H,5,9-11,13,16-17H2,1-2H3/t21-/m0/s1. The summed E-state index contributed by atoms with van der Waals surface area (Å²) in [5.74, 6) is 0.0554. The number of amides is 1. The Balaban J connectivity index is 1.57. The molecule has 5 heteroatoms. The van der Waals surface area contributed by atoms with E-state index in [1.165, 1.54) is 0 Å². The van der Waals surface area contributed by atoms with E-state index in [1.54, 1.807) is 20.0 Å². The molecular formula is C23H30N2O3. The highest BCUT2D eigenvalue weighted by atomic mass is 16.5. The quantitative estimate of drug-likeness (QED) is 0.795. The number of carbonyl (C=O) groups is 1. The van der Waals surface area contributed by atoms with Gasteiger partial charge >= 0.3 is 0 Å². The largest absolute Gasteiger partial charge is 0.390 e. The van der Waals surface area contributed by atoms with Gasteiger partial charge in [-0.3, -0.25) is 9.78 Å². The Kier molecular flexibility index (Phi) is 6.81. The van der Waals surface area contributed by atoms with E-state index in [9.17, 15) is 9.90 Å². The molecule has 1 fully saturated rings. The first-order valence-electron chi connectivity index (χ1n) is 10.0. The summed E-state index contributed by atoms with van der Waals surface area (Å²) in [6.07, 6.45) is 6.94. The predicted molar refractivity (Wildman–Crippen MR) is 109 cm³/mol. The van der Waals surface area contributed by atoms with Gasteiger partial charge in [-0.1, -0.05) is 18.2 Å². The van der Waals surface area contributed by atoms with Gasteiger partial charge in [-0.2, -0.15) is 0 Å². The molecule has 1 amide bonds. The molecule has 150 valence electrons. The van der Waals surface area contributed by atoms with Crippen LogP contribution in [0.15, 0.2) is 48.8 Å². The van der Waals surface area contributed by atoms with Gasteiger partial charge in [0, 0.05) is 31.0 Å². The zero-order valence-corrected chi connectivity index (χ0v) is 16.8. The van der Waals surface area contributed by atoms with Crippen LogP contribution in [0.2, 0.25) is 0 Å². The zero-order chi connectivity index (χ0) is 20.0. The number of benzene rings is 1. The van der Waals surface area contributed by atoms with Gasteiger partial charge in [-0.05, 0) is 68.9 Å². The van der Waals surface area contributed by atoms with E-state index in [4.69, 9.17) is 4.74 Å². The smallest absolute Gasteiger partial charge is 0.253 e. The molecule has 28 heavy (non-hydrogen) atoms. The minimum absolute atomic E-state index is 0.0521. The maximum atomic E-state index is 13.0. The third kappa shape index (κ3) is 6.14. The molecule has 0 bridgehead atoms. The van der Waals surface area contributed by atoms with Crippen LogP contribution in [-0.4, -0.2) is 45.7 Å². The molecule has 1 aromatic heterocycles. The van der Waals surface area contributed by atoms with Crippen LogP contribution in [-0.2, 0) is 17.8 Å². The van der Waals surface area contributed by atoms with Gasteiger partial charge in [0.05, 0.1) is 18.3 Å². The monoisotopic (exact) mass is 382 g/mol. The first-order valence-corrected chi connectivity index (χ1v) is 10.0. The summed E-state index contributed by atoms with van der Waals surface area (Å²) < 4.78 is 6.02. The number of aliphatic hydroxyl groups is 1. The molecule has 1 atom stereocenters. The second-order valence-corrected chi connectivity index (χ2v) is 8.20. The lowest BCUT2D eigenvalue weighted by Crippen LogP contribution is -2.43. The molecular weight excluding hydrogens is 352 g/mol. The van der Waals surface area contributed by atoms with Crippen LogP contribution in [0.4, 0.5) is 0 Å². The number of piperidine rings is 1. The van der Waals surface area contributed by atoms with Crippen molar-refractivity contribution in [3.8, 4) is 0 Å². The first kappa shape index (κ1) is 20.5. The Hall–Kier alpha value is -2.24. The van der Waals surface area contributed by atoms with Crippen molar-refractivity contribution in [1.82, 2.24) is 9.88 Å². The van der Waals surface area contributed by atoms with Crippen molar-refractivity contribution in [2.75, 3.05) is 13.1 Å². The highest BCUT2D eigenvalue weighted by molar-refractivity contribution is 5.94. The van der Waals surface area contributed by atoms with Gasteiger partial charge in [0.1, 0.15) is 0 Å². The van der Waals surface area contributed by atoms with Crippen molar-refractivity contribution >= 4 is 5.91 Å². The minimum atomic E-state index is -0.703. The maximum absolute atomic E-state index is 13.0. The van der Waals surface area contributed by atoms with E-state index in [0.29, 0.717) is 25.1 Å². The molecule has 1 N–H and O–H groups in total. The molecule has 3 rings (SSSR count). The van der Waals surface area contributed by atoms with Crippen molar-refractivity contribution in [2.24, 2.45) is 0 Å². The summed E-state index contributed by atoms with van der Waals surface area (Å²) in [6.45, 7) is 5.52. The third-order valence-corrected chi connectivity index (χ3v) is 5.07. The van der Waals surface area contributed by atoms with Crippen molar-refractivity contribution < 1.29 is 14.6 Å². The summed E-state index contributed by atoms with van der Waals surface area (Å²) in [5.41, 5.74) is 2.13. The summed E-state index contributed by atoms with van der Waals surface area (Å²) >= 11 is 0. The van der Waals surface area contributed by atoms with Crippen LogP contribution in [0, 0.1) is 0 Å². The normalized spacial score (nSPS) is 17.5. The van der Waals surface area contributed by atoms with E-state index >= 15 is 0 Å². The summed E-state index contributed by atoms with van der Waals surface area (Å²) in [5, 5.41) is 9.93. The predicted octanol–water partition coefficient (Wildman–Crippen LogP) is 3.61. The van der Waals surface area contributed by atoms with Crippen LogP contribution < -0.4 is 0 Å². The van der Waals surface area contributed by atoms with E-state index < -0.39 is 5.60 Å². The molecule has 1 aliphatic heterocycles. The van der Waals surface area contributed by atoms with Gasteiger partial charge in [-0.15, -0.1) is 0 Å². The molecule has 5 nitrogen and oxygen atoms in total. The first-order chi connectivity index (χ1) is 13.4. The Morgan fingerprint density at radius 1 is 1.29 bits per heavy atom. The Bertz CT molecular complexity index is 771. The van der Waals surface area contributed by atoms with Crippen LogP contribution in [0.1, 0.15) is 54.6 Å². The Morgan fingerprint density at radius 2 is 2.11 bits per heavy atom. The maximum Gasteiger partial charge on any atom is 0.253 e. The van der Waals surface area contributed by atoms with Gasteiger partial charge in [0.25, 0.3) is 5.91 Å². The van der Waals surface area contributed by atoms with E-state index in [-0.39, 0.29) is 12.0 Å². The number of carbonyl (C=O) groups excluding carboxylic acids is 1. The lowest BCUT2D eigenvalue weighted by atomic mass is 9.97. The van der Waals surface area contributed by atoms with Gasteiger partial charge in [-0.25, -0.2) is 0 Å². The number of aromatic nitrogens is 1. The number of nitrogens with zero attached hydrogens (tertiary/aromatic N) is 2. The molecule has 0 spiro atoms. The van der Waals surface area contributed by atoms with E-state index in [2.05, 4.69) is 4.98 Å². The number of pyridine rings is 1. The molecule has 1 aromatic carbocycles. The Labute approximate surface area is 167 Å². The third-order valence-electron chi connectivity index (χ3n) is 5.07. The SMILES string of the molecule is CC(C)(O)CCc1cccc(C(=O)N2CCC[C@H](OCc3cccnc3)C2)c1. The summed E-state index contributed by atoms with van der Waals surface area (Å²) in [6, 6.07) is 11.7. The van der Waals surface area contributed by atoms with Crippen molar-refractivity contribution in [1.29, 1.82) is 0 Å². The topological polar surface area (TPSA) is 62.7 Å². The molecule has 1 aliphatic rings. The molecule has 2 aromatic rings. The van der Waals surface area contributed by atoms with Crippen LogP contribution in [0.5, 0.6) is 0 Å². The minimum Gasteiger partial charge on any atom is -0.390 e. The molecule has 0 aliphatic carbocycles. The lowest BCUT2D eigenvalue weighted by molar-refractivity contribution is -0.00681. The van der Waals surface area contributed by atoms with Crippen molar-refractivity contribution in [3.05, 3.63) is 65.5 Å². The van der Waals surface area contributed by atoms with E-state index in [1.807, 2.05) is 47.5 Å². The summed E-state index contributed by atoms with van der Waals surface area (Å²) in [4.78, 5) is 19.0. The van der Waals surface area contributed by atoms with Crippen LogP contribution in [0.25, 0.3) is 0 Å². The Morgan fingerprint density at radius 3 is 2.86 bits per heavy atom. The molecule has 0 radical (unpaired) electrons. The number of aryl methyl sites for hydroxylation is 1. The van der Waals surface area contributed by atoms with Crippen molar-refractivity contribution in [3.63, 3.8) is 0 Å². The fraction of sp³-hybridized carbons (Fsp3) is 0.478. The highest BCUT2D eigenvalue weighted by Crippen LogP contribution is 2.19. The van der Waals surface area contributed by atoms with Crippen LogP contribution >= 0.6 is 0 Å². The zero-order valence-electron chi connectivity index (χ0n) is 16.8. The molecule has 0 saturated carbocycles. The van der Waals surface area contributed by atoms with Gasteiger partial charge < -0.3 is 14.7 Å². The van der Waals surface area contributed by atoms with E-state index in [0.717, 1.165) is 36.9 Å². The van der Waals surface area contributed by atoms with Crippen molar-refractivity contribution in [2.45, 2.75) is 57.8 Å². The van der Waals surface area contributed by atoms with Gasteiger partial charge in [0.15, 0.2) is 0 Å². The second-order valence-electron chi connectivity index (χ2n) is 8.20. The number of likely N-dealkylation sites (tertiary alicyclic amines) is 1. The molecule has 2 heterocycles. The highest BCUT2D eigenvalue weighted by Gasteiger charge is 2.25. The number of rotatable bonds is 7. The molecule has 0 unspecified atom stereocenters. The average molecular weight is 383 g/mol. The second kappa shape index (κ2) is 9.30. The van der Waals surface area contributed by atoms with Crippen LogP contribution in [0.3, 0.4) is 0 Å². The summed E-state index contributed by atoms with van der Waals surface area (Å²) in [7, 11) is 0.